The smallest absolute Gasteiger partial charge is 0.420 e. The van der Waals surface area contributed by atoms with E-state index in [9.17, 15) is 37.0 Å². The van der Waals surface area contributed by atoms with Crippen LogP contribution in [0.4, 0.5) is 35.3 Å². The number of amides is 2. The molecule has 1 aromatic carbocycles. The molecule has 4 fully saturated rings. The van der Waals surface area contributed by atoms with Crippen LogP contribution in [0.3, 0.4) is 0 Å². The summed E-state index contributed by atoms with van der Waals surface area (Å²) in [5.41, 5.74) is 1.10. The predicted molar refractivity (Wildman–Crippen MR) is 171 cm³/mol. The zero-order chi connectivity index (χ0) is 32.8. The number of halogens is 3. The summed E-state index contributed by atoms with van der Waals surface area (Å²) in [6, 6.07) is 7.01. The lowest BCUT2D eigenvalue weighted by Crippen LogP contribution is -2.55. The molecule has 8 rings (SSSR count). The first-order chi connectivity index (χ1) is 22.4. The lowest BCUT2D eigenvalue weighted by Gasteiger charge is -2.40. The Bertz CT molecular complexity index is 1760. The topological polar surface area (TPSA) is 142 Å². The van der Waals surface area contributed by atoms with Gasteiger partial charge >= 0.3 is 12.3 Å². The van der Waals surface area contributed by atoms with Gasteiger partial charge in [-0.2, -0.15) is 23.8 Å². The van der Waals surface area contributed by atoms with Crippen molar-refractivity contribution < 1.29 is 37.0 Å². The maximum Gasteiger partial charge on any atom is 0.420 e. The van der Waals surface area contributed by atoms with Crippen molar-refractivity contribution in [3.63, 3.8) is 0 Å². The number of aromatic nitrogens is 2. The Labute approximate surface area is 273 Å². The molecule has 0 spiro atoms. The second-order valence-electron chi connectivity index (χ2n) is 13.0. The summed E-state index contributed by atoms with van der Waals surface area (Å²) in [7, 11) is -3.40. The van der Waals surface area contributed by atoms with Crippen LogP contribution < -0.4 is 10.2 Å². The van der Waals surface area contributed by atoms with Crippen molar-refractivity contribution in [1.82, 2.24) is 19.8 Å². The number of hydrogen-bond acceptors (Lipinski definition) is 9. The first-order valence-electron chi connectivity index (χ1n) is 15.7. The molecule has 0 radical (unpaired) electrons. The maximum atomic E-state index is 14.3. The number of carbonyl (C=O) groups excluding carboxylic acids is 1. The highest BCUT2D eigenvalue weighted by molar-refractivity contribution is 8.24. The molecule has 5 aliphatic rings. The largest absolute Gasteiger partial charge is 0.465 e. The summed E-state index contributed by atoms with van der Waals surface area (Å²) in [5.74, 6) is -0.264. The molecular weight excluding hydrogens is 658 g/mol. The molecule has 2 bridgehead atoms. The Kier molecular flexibility index (Phi) is 7.17. The number of piperazine rings is 1. The van der Waals surface area contributed by atoms with Crippen LogP contribution in [-0.2, 0) is 6.18 Å². The Hall–Kier alpha value is -3.60. The molecule has 2 aromatic heterocycles. The number of carbonyl (C=O) groups is 2. The van der Waals surface area contributed by atoms with Gasteiger partial charge < -0.3 is 20.2 Å². The number of hydrogen-bond donors (Lipinski definition) is 4. The van der Waals surface area contributed by atoms with E-state index in [1.165, 1.54) is 6.07 Å². The molecule has 5 heterocycles. The molecule has 3 aliphatic heterocycles. The van der Waals surface area contributed by atoms with Gasteiger partial charge in [-0.05, 0) is 74.3 Å². The lowest BCUT2D eigenvalue weighted by atomic mass is 10.1. The van der Waals surface area contributed by atoms with E-state index in [-0.39, 0.29) is 56.9 Å². The van der Waals surface area contributed by atoms with Crippen molar-refractivity contribution in [2.75, 3.05) is 35.6 Å². The van der Waals surface area contributed by atoms with Gasteiger partial charge in [0.05, 0.1) is 33.3 Å². The van der Waals surface area contributed by atoms with Gasteiger partial charge in [0.25, 0.3) is 5.91 Å². The van der Waals surface area contributed by atoms with Crippen molar-refractivity contribution in [2.45, 2.75) is 73.6 Å². The third-order valence-corrected chi connectivity index (χ3v) is 12.8. The number of thiophene rings is 1. The van der Waals surface area contributed by atoms with Crippen LogP contribution >= 0.6 is 21.9 Å². The van der Waals surface area contributed by atoms with Crippen molar-refractivity contribution in [3.05, 3.63) is 46.5 Å². The average molecular weight is 691 g/mol. The average Bonchev–Trinajstić information content (AvgIpc) is 3.96. The fourth-order valence-corrected chi connectivity index (χ4v) is 10.1. The van der Waals surface area contributed by atoms with Gasteiger partial charge in [0.2, 0.25) is 5.95 Å². The quantitative estimate of drug-likeness (QED) is 0.217. The number of nitrogens with one attached hydrogen (secondary N) is 1. The number of anilines is 3. The standard InChI is InChI=1S/C31H33F3N6O5S2/c32-31(33,34)22-13-35-29(37-26(22)24-12-25-27(46-24)28(41)39(17-3-4-17)9-10-47(25,44)45)36-23-8-7-18(11-21(23)16-1-2-16)38-14-19-5-6-20(15-38)40(19)30(42)43/h7-8,11-13,16-17,19-20,44-45H,1-6,9-10,14-15H2,(H,42,43)(H,35,36,37)/t19-,20+. The third kappa shape index (κ3) is 5.58. The molecule has 16 heteroatoms. The van der Waals surface area contributed by atoms with Crippen LogP contribution in [0.2, 0.25) is 0 Å². The van der Waals surface area contributed by atoms with Gasteiger partial charge in [-0.3, -0.25) is 18.8 Å². The van der Waals surface area contributed by atoms with E-state index in [0.717, 1.165) is 67.3 Å². The molecule has 250 valence electrons. The van der Waals surface area contributed by atoms with E-state index in [0.29, 0.717) is 18.8 Å². The fraction of sp³-hybridized carbons (Fsp3) is 0.484. The Morgan fingerprint density at radius 1 is 1.02 bits per heavy atom. The van der Waals surface area contributed by atoms with Gasteiger partial charge in [-0.15, -0.1) is 11.3 Å². The van der Waals surface area contributed by atoms with E-state index in [1.807, 2.05) is 12.1 Å². The van der Waals surface area contributed by atoms with Crippen LogP contribution in [-0.4, -0.2) is 89.5 Å². The Balaban J connectivity index is 1.12. The predicted octanol–water partition coefficient (Wildman–Crippen LogP) is 6.90. The zero-order valence-electron chi connectivity index (χ0n) is 25.1. The van der Waals surface area contributed by atoms with Crippen molar-refractivity contribution in [2.24, 2.45) is 0 Å². The molecule has 2 saturated heterocycles. The summed E-state index contributed by atoms with van der Waals surface area (Å²) in [5, 5.41) is 12.8. The molecule has 0 unspecified atom stereocenters. The van der Waals surface area contributed by atoms with E-state index >= 15 is 0 Å². The normalized spacial score (nSPS) is 24.6. The molecule has 11 nitrogen and oxygen atoms in total. The van der Waals surface area contributed by atoms with Crippen LogP contribution in [0.5, 0.6) is 0 Å². The number of alkyl halides is 3. The molecule has 2 amide bonds. The van der Waals surface area contributed by atoms with Crippen LogP contribution in [0.25, 0.3) is 10.6 Å². The number of fused-ring (bicyclic) bond motifs is 3. The second kappa shape index (κ2) is 11.0. The Morgan fingerprint density at radius 2 is 1.72 bits per heavy atom. The molecule has 4 N–H and O–H groups in total. The summed E-state index contributed by atoms with van der Waals surface area (Å²) >= 11 is 0.795. The molecule has 3 aromatic rings. The fourth-order valence-electron chi connectivity index (χ4n) is 7.16. The number of benzene rings is 1. The highest BCUT2D eigenvalue weighted by Crippen LogP contribution is 2.56. The van der Waals surface area contributed by atoms with Crippen molar-refractivity contribution >= 4 is 51.3 Å². The van der Waals surface area contributed by atoms with E-state index in [2.05, 4.69) is 26.3 Å². The van der Waals surface area contributed by atoms with Crippen LogP contribution in [0, 0.1) is 0 Å². The van der Waals surface area contributed by atoms with Gasteiger partial charge in [0, 0.05) is 43.2 Å². The van der Waals surface area contributed by atoms with E-state index in [4.69, 9.17) is 0 Å². The van der Waals surface area contributed by atoms with E-state index in [1.54, 1.807) is 9.80 Å². The minimum atomic E-state index is -4.80. The first kappa shape index (κ1) is 30.7. The number of rotatable bonds is 6. The monoisotopic (exact) mass is 690 g/mol. The first-order valence-corrected chi connectivity index (χ1v) is 18.2. The van der Waals surface area contributed by atoms with Crippen molar-refractivity contribution in [1.29, 1.82) is 0 Å². The van der Waals surface area contributed by atoms with Gasteiger partial charge in [-0.25, -0.2) is 14.8 Å². The highest BCUT2D eigenvalue weighted by atomic mass is 32.3. The van der Waals surface area contributed by atoms with Gasteiger partial charge in [0.15, 0.2) is 0 Å². The zero-order valence-corrected chi connectivity index (χ0v) is 26.7. The van der Waals surface area contributed by atoms with Crippen LogP contribution in [0.15, 0.2) is 35.4 Å². The van der Waals surface area contributed by atoms with Crippen molar-refractivity contribution in [3.8, 4) is 10.6 Å². The summed E-state index contributed by atoms with van der Waals surface area (Å²) in [6.07, 6.45) is 0.243. The summed E-state index contributed by atoms with van der Waals surface area (Å²) in [4.78, 5) is 38.9. The second-order valence-corrected chi connectivity index (χ2v) is 16.2. The Morgan fingerprint density at radius 3 is 2.36 bits per heavy atom. The lowest BCUT2D eigenvalue weighted by molar-refractivity contribution is -0.137. The molecule has 47 heavy (non-hydrogen) atoms. The number of carboxylic acid groups (broad SMARTS) is 1. The minimum Gasteiger partial charge on any atom is -0.465 e. The number of nitrogens with zero attached hydrogens (tertiary/aromatic N) is 5. The molecule has 2 saturated carbocycles. The van der Waals surface area contributed by atoms with E-state index < -0.39 is 40.0 Å². The van der Waals surface area contributed by atoms with Crippen LogP contribution in [0.1, 0.15) is 65.2 Å². The molecular formula is C31H33F3N6O5S2. The minimum absolute atomic E-state index is 0.00586. The summed E-state index contributed by atoms with van der Waals surface area (Å²) < 4.78 is 64.7. The maximum absolute atomic E-state index is 14.3. The SMILES string of the molecule is O=C1c2sc(-c3nc(Nc4ccc(N5C[C@H]6CC[C@@H](C5)N6C(=O)O)cc4C4CC4)ncc3C(F)(F)F)cc2S(O)(O)CCN1C1CC1. The highest BCUT2D eigenvalue weighted by Gasteiger charge is 2.44. The van der Waals surface area contributed by atoms with Gasteiger partial charge in [0.1, 0.15) is 10.4 Å². The molecule has 2 atom stereocenters. The molecule has 2 aliphatic carbocycles. The van der Waals surface area contributed by atoms with Gasteiger partial charge in [-0.1, -0.05) is 0 Å². The summed E-state index contributed by atoms with van der Waals surface area (Å²) in [6.45, 7) is 1.38. The third-order valence-electron chi connectivity index (χ3n) is 9.80.